The molecule has 354 valence electrons. The highest BCUT2D eigenvalue weighted by atomic mass is 31.2. The van der Waals surface area contributed by atoms with Gasteiger partial charge in [0.05, 0.1) is 39.9 Å². The number of aliphatic hydroxyl groups excluding tert-OH is 1. The molecule has 0 aliphatic rings. The number of carbonyl (C=O) groups excluding carboxylic acids is 1. The molecular formula is C50H103N2O6P. The molecule has 0 spiro atoms. The number of likely N-dealkylation sites (N-methyl/N-ethyl adjacent to an activating group) is 1. The first-order valence-electron chi connectivity index (χ1n) is 25.9. The van der Waals surface area contributed by atoms with Crippen molar-refractivity contribution in [1.82, 2.24) is 5.32 Å². The summed E-state index contributed by atoms with van der Waals surface area (Å²) in [6.45, 7) is 4.62. The average Bonchev–Trinajstić information content (AvgIpc) is 3.19. The number of unbranched alkanes of at least 4 members (excludes halogenated alkanes) is 35. The van der Waals surface area contributed by atoms with Crippen LogP contribution in [0.15, 0.2) is 0 Å². The van der Waals surface area contributed by atoms with E-state index in [1.165, 1.54) is 193 Å². The summed E-state index contributed by atoms with van der Waals surface area (Å²) in [5.41, 5.74) is 0. The van der Waals surface area contributed by atoms with Gasteiger partial charge in [-0.15, -0.1) is 0 Å². The molecule has 0 bridgehead atoms. The van der Waals surface area contributed by atoms with Gasteiger partial charge >= 0.3 is 0 Å². The fourth-order valence-corrected chi connectivity index (χ4v) is 8.71. The van der Waals surface area contributed by atoms with Crippen LogP contribution >= 0.6 is 7.82 Å². The lowest BCUT2D eigenvalue weighted by atomic mass is 10.0. The summed E-state index contributed by atoms with van der Waals surface area (Å²) >= 11 is 0. The maximum Gasteiger partial charge on any atom is 0.268 e. The van der Waals surface area contributed by atoms with E-state index in [2.05, 4.69) is 19.2 Å². The Morgan fingerprint density at radius 2 is 0.831 bits per heavy atom. The van der Waals surface area contributed by atoms with Crippen molar-refractivity contribution in [3.8, 4) is 0 Å². The van der Waals surface area contributed by atoms with Crippen LogP contribution in [0.2, 0.25) is 0 Å². The molecule has 3 atom stereocenters. The van der Waals surface area contributed by atoms with Gasteiger partial charge in [-0.25, -0.2) is 0 Å². The number of hydrogen-bond acceptors (Lipinski definition) is 6. The second kappa shape index (κ2) is 42.8. The summed E-state index contributed by atoms with van der Waals surface area (Å²) < 4.78 is 23.1. The number of phosphoric ester groups is 1. The molecule has 2 N–H and O–H groups in total. The molecule has 59 heavy (non-hydrogen) atoms. The minimum atomic E-state index is -4.54. The van der Waals surface area contributed by atoms with Crippen LogP contribution in [0.25, 0.3) is 0 Å². The third-order valence-corrected chi connectivity index (χ3v) is 13.1. The Kier molecular flexibility index (Phi) is 42.4. The third-order valence-electron chi connectivity index (χ3n) is 12.1. The molecule has 0 aromatic heterocycles. The van der Waals surface area contributed by atoms with Gasteiger partial charge in [-0.05, 0) is 12.8 Å². The van der Waals surface area contributed by atoms with Crippen molar-refractivity contribution in [2.45, 2.75) is 276 Å². The quantitative estimate of drug-likeness (QED) is 0.0358. The molecule has 0 aliphatic carbocycles. The van der Waals surface area contributed by atoms with Gasteiger partial charge in [-0.2, -0.15) is 0 Å². The van der Waals surface area contributed by atoms with Crippen molar-refractivity contribution in [3.63, 3.8) is 0 Å². The number of carbonyl (C=O) groups is 1. The number of phosphoric acid groups is 1. The van der Waals surface area contributed by atoms with Gasteiger partial charge in [0.2, 0.25) is 5.91 Å². The van der Waals surface area contributed by atoms with Gasteiger partial charge in [-0.3, -0.25) is 9.36 Å². The van der Waals surface area contributed by atoms with Crippen LogP contribution < -0.4 is 10.2 Å². The van der Waals surface area contributed by atoms with Crippen LogP contribution in [0.5, 0.6) is 0 Å². The Morgan fingerprint density at radius 1 is 0.525 bits per heavy atom. The van der Waals surface area contributed by atoms with E-state index in [1.54, 1.807) is 0 Å². The molecule has 1 amide bonds. The van der Waals surface area contributed by atoms with Gasteiger partial charge in [0.25, 0.3) is 7.82 Å². The lowest BCUT2D eigenvalue weighted by molar-refractivity contribution is -0.870. The summed E-state index contributed by atoms with van der Waals surface area (Å²) in [7, 11) is 1.31. The second-order valence-electron chi connectivity index (χ2n) is 19.2. The molecule has 9 heteroatoms. The first-order chi connectivity index (χ1) is 28.5. The predicted molar refractivity (Wildman–Crippen MR) is 252 cm³/mol. The molecule has 0 saturated heterocycles. The van der Waals surface area contributed by atoms with Crippen molar-refractivity contribution in [1.29, 1.82) is 0 Å². The van der Waals surface area contributed by atoms with E-state index in [0.717, 1.165) is 44.9 Å². The Bertz CT molecular complexity index is 932. The van der Waals surface area contributed by atoms with Crippen LogP contribution in [-0.2, 0) is 18.4 Å². The van der Waals surface area contributed by atoms with Crippen molar-refractivity contribution < 1.29 is 32.9 Å². The van der Waals surface area contributed by atoms with Gasteiger partial charge in [0.1, 0.15) is 13.2 Å². The highest BCUT2D eigenvalue weighted by Gasteiger charge is 2.24. The maximum absolute atomic E-state index is 12.6. The average molecular weight is 859 g/mol. The summed E-state index contributed by atoms with van der Waals surface area (Å²) in [5, 5.41) is 13.8. The van der Waals surface area contributed by atoms with E-state index >= 15 is 0 Å². The van der Waals surface area contributed by atoms with E-state index < -0.39 is 20.0 Å². The highest BCUT2D eigenvalue weighted by Crippen LogP contribution is 2.38. The van der Waals surface area contributed by atoms with Crippen molar-refractivity contribution in [2.75, 3.05) is 40.9 Å². The fourth-order valence-electron chi connectivity index (χ4n) is 7.98. The number of nitrogens with zero attached hydrogens (tertiary/aromatic N) is 1. The first kappa shape index (κ1) is 58.5. The molecule has 0 fully saturated rings. The Morgan fingerprint density at radius 3 is 1.15 bits per heavy atom. The van der Waals surface area contributed by atoms with E-state index in [4.69, 9.17) is 9.05 Å². The zero-order valence-electron chi connectivity index (χ0n) is 40.2. The summed E-state index contributed by atoms with van der Waals surface area (Å²) in [4.78, 5) is 25.0. The van der Waals surface area contributed by atoms with Crippen molar-refractivity contribution in [3.05, 3.63) is 0 Å². The van der Waals surface area contributed by atoms with E-state index in [9.17, 15) is 19.4 Å². The monoisotopic (exact) mass is 859 g/mol. The maximum atomic E-state index is 12.6. The molecule has 0 saturated carbocycles. The zero-order valence-corrected chi connectivity index (χ0v) is 41.1. The Balaban J connectivity index is 3.72. The third kappa shape index (κ3) is 45.3. The van der Waals surface area contributed by atoms with Crippen LogP contribution in [-0.4, -0.2) is 68.5 Å². The van der Waals surface area contributed by atoms with Crippen molar-refractivity contribution >= 4 is 13.7 Å². The van der Waals surface area contributed by atoms with Gasteiger partial charge in [0, 0.05) is 6.42 Å². The normalized spacial score (nSPS) is 14.1. The Labute approximate surface area is 368 Å². The fraction of sp³-hybridized carbons (Fsp3) is 0.980. The number of aliphatic hydroxyl groups is 1. The van der Waals surface area contributed by atoms with Crippen LogP contribution in [0.1, 0.15) is 264 Å². The van der Waals surface area contributed by atoms with Gasteiger partial charge in [-0.1, -0.05) is 245 Å². The summed E-state index contributed by atoms with van der Waals surface area (Å²) in [6.07, 6.45) is 49.3. The largest absolute Gasteiger partial charge is 0.756 e. The Hall–Kier alpha value is -0.500. The number of amides is 1. The first-order valence-corrected chi connectivity index (χ1v) is 27.3. The molecule has 0 aromatic carbocycles. The van der Waals surface area contributed by atoms with Gasteiger partial charge in [0.15, 0.2) is 0 Å². The standard InChI is InChI=1S/C50H103N2O6P/c1-6-8-10-12-13-14-15-16-17-18-19-20-21-22-23-24-25-26-27-28-29-30-31-32-33-34-35-36-37-38-39-40-41-43-49(53)48(51-50(54)44-42-11-9-7-2)47-58-59(55,56)57-46-45-52(3,4)5/h48-49,53H,6-47H2,1-5H3,(H-,51,54,55,56). The molecule has 0 aromatic rings. The predicted octanol–water partition coefficient (Wildman–Crippen LogP) is 14.3. The minimum absolute atomic E-state index is 0.0149. The second-order valence-corrected chi connectivity index (χ2v) is 20.7. The highest BCUT2D eigenvalue weighted by molar-refractivity contribution is 7.45. The number of rotatable bonds is 48. The molecule has 0 radical (unpaired) electrons. The molecule has 0 rings (SSSR count). The van der Waals surface area contributed by atoms with Crippen LogP contribution in [0, 0.1) is 0 Å². The SMILES string of the molecule is CCCCCCCCCCCCCCCCCCCCCCCCCCCCCCCCCCCC(O)C(COP(=O)([O-])OCC[N+](C)(C)C)NC(=O)CCCCCC. The van der Waals surface area contributed by atoms with Crippen LogP contribution in [0.4, 0.5) is 0 Å². The molecule has 0 aliphatic heterocycles. The molecule has 3 unspecified atom stereocenters. The summed E-state index contributed by atoms with van der Waals surface area (Å²) in [6, 6.07) is -0.790. The zero-order chi connectivity index (χ0) is 43.6. The number of nitrogens with one attached hydrogen (secondary N) is 1. The van der Waals surface area contributed by atoms with Crippen molar-refractivity contribution in [2.24, 2.45) is 0 Å². The lowest BCUT2D eigenvalue weighted by Crippen LogP contribution is -2.46. The number of quaternary nitrogens is 1. The molecular weight excluding hydrogens is 756 g/mol. The van der Waals surface area contributed by atoms with Crippen LogP contribution in [0.3, 0.4) is 0 Å². The molecule has 8 nitrogen and oxygen atoms in total. The van der Waals surface area contributed by atoms with E-state index in [0.29, 0.717) is 23.9 Å². The topological polar surface area (TPSA) is 108 Å². The molecule has 0 heterocycles. The van der Waals surface area contributed by atoms with E-state index in [1.807, 2.05) is 21.1 Å². The van der Waals surface area contributed by atoms with E-state index in [-0.39, 0.29) is 19.1 Å². The summed E-state index contributed by atoms with van der Waals surface area (Å²) in [5.74, 6) is -0.179. The lowest BCUT2D eigenvalue weighted by Gasteiger charge is -2.30. The smallest absolute Gasteiger partial charge is 0.268 e. The number of hydrogen-bond donors (Lipinski definition) is 2. The minimum Gasteiger partial charge on any atom is -0.756 e. The van der Waals surface area contributed by atoms with Gasteiger partial charge < -0.3 is 28.8 Å².